The highest BCUT2D eigenvalue weighted by Crippen LogP contribution is 2.30. The van der Waals surface area contributed by atoms with Gasteiger partial charge < -0.3 is 0 Å². The fourth-order valence-electron chi connectivity index (χ4n) is 2.04. The van der Waals surface area contributed by atoms with Crippen LogP contribution in [-0.4, -0.2) is 16.0 Å². The van der Waals surface area contributed by atoms with E-state index in [0.717, 1.165) is 33.4 Å². The van der Waals surface area contributed by atoms with E-state index in [2.05, 4.69) is 26.1 Å². The summed E-state index contributed by atoms with van der Waals surface area (Å²) in [5, 5.41) is 7.17. The summed E-state index contributed by atoms with van der Waals surface area (Å²) in [6.07, 6.45) is 1.39. The van der Waals surface area contributed by atoms with Crippen LogP contribution in [-0.2, 0) is 6.42 Å². The number of rotatable bonds is 1. The van der Waals surface area contributed by atoms with Gasteiger partial charge in [-0.25, -0.2) is 0 Å². The Morgan fingerprint density at radius 2 is 1.94 bits per heavy atom. The molecule has 0 spiro atoms. The van der Waals surface area contributed by atoms with Crippen molar-refractivity contribution >= 4 is 21.7 Å². The second-order valence-corrected chi connectivity index (χ2v) is 4.77. The SMILES string of the molecule is O=C1CCc2[nH]nc(-c3ccc(Br)cc3)c21. The van der Waals surface area contributed by atoms with Crippen molar-refractivity contribution in [3.05, 3.63) is 40.0 Å². The Bertz CT molecular complexity index is 557. The predicted octanol–water partition coefficient (Wildman–Crippen LogP) is 2.97. The van der Waals surface area contributed by atoms with Gasteiger partial charge in [0.1, 0.15) is 5.69 Å². The molecule has 1 aromatic heterocycles. The molecule has 3 nitrogen and oxygen atoms in total. The van der Waals surface area contributed by atoms with Crippen molar-refractivity contribution in [3.63, 3.8) is 0 Å². The minimum absolute atomic E-state index is 0.196. The van der Waals surface area contributed by atoms with E-state index < -0.39 is 0 Å². The van der Waals surface area contributed by atoms with E-state index in [1.165, 1.54) is 0 Å². The van der Waals surface area contributed by atoms with Crippen LogP contribution >= 0.6 is 15.9 Å². The summed E-state index contributed by atoms with van der Waals surface area (Å²) in [6, 6.07) is 7.84. The van der Waals surface area contributed by atoms with Gasteiger partial charge in [-0.3, -0.25) is 9.89 Å². The number of ketones is 1. The summed E-state index contributed by atoms with van der Waals surface area (Å²) in [5.41, 5.74) is 3.52. The molecule has 0 saturated heterocycles. The standard InChI is InChI=1S/C12H9BrN2O/c13-8-3-1-7(2-4-8)12-11-9(14-15-12)5-6-10(11)16/h1-4H,5-6H2,(H,14,15). The Balaban J connectivity index is 2.14. The number of H-pyrrole nitrogens is 1. The van der Waals surface area contributed by atoms with Gasteiger partial charge in [-0.2, -0.15) is 5.10 Å². The number of hydrogen-bond acceptors (Lipinski definition) is 2. The lowest BCUT2D eigenvalue weighted by atomic mass is 10.1. The molecule has 1 aliphatic rings. The molecule has 0 fully saturated rings. The first-order chi connectivity index (χ1) is 7.75. The van der Waals surface area contributed by atoms with Crippen molar-refractivity contribution < 1.29 is 4.79 Å². The number of benzene rings is 1. The summed E-state index contributed by atoms with van der Waals surface area (Å²) in [7, 11) is 0. The highest BCUT2D eigenvalue weighted by atomic mass is 79.9. The van der Waals surface area contributed by atoms with Gasteiger partial charge in [0.25, 0.3) is 0 Å². The number of hydrogen-bond donors (Lipinski definition) is 1. The zero-order valence-electron chi connectivity index (χ0n) is 8.46. The molecule has 0 saturated carbocycles. The maximum absolute atomic E-state index is 11.7. The highest BCUT2D eigenvalue weighted by molar-refractivity contribution is 9.10. The fraction of sp³-hybridized carbons (Fsp3) is 0.167. The summed E-state index contributed by atoms with van der Waals surface area (Å²) < 4.78 is 1.02. The Morgan fingerprint density at radius 1 is 1.19 bits per heavy atom. The summed E-state index contributed by atoms with van der Waals surface area (Å²) in [5.74, 6) is 0.196. The van der Waals surface area contributed by atoms with Crippen LogP contribution in [0.15, 0.2) is 28.7 Å². The molecule has 1 heterocycles. The zero-order valence-corrected chi connectivity index (χ0v) is 10.0. The Labute approximate surface area is 101 Å². The second kappa shape index (κ2) is 3.56. The molecule has 0 amide bonds. The van der Waals surface area contributed by atoms with Gasteiger partial charge >= 0.3 is 0 Å². The number of aromatic amines is 1. The molecule has 0 bridgehead atoms. The molecule has 1 aromatic carbocycles. The van der Waals surface area contributed by atoms with Gasteiger partial charge in [0, 0.05) is 22.2 Å². The first kappa shape index (κ1) is 9.78. The van der Waals surface area contributed by atoms with Crippen LogP contribution in [0.4, 0.5) is 0 Å². The monoisotopic (exact) mass is 276 g/mol. The van der Waals surface area contributed by atoms with Crippen molar-refractivity contribution in [3.8, 4) is 11.3 Å². The third-order valence-corrected chi connectivity index (χ3v) is 3.37. The zero-order chi connectivity index (χ0) is 11.1. The van der Waals surface area contributed by atoms with Gasteiger partial charge in [-0.15, -0.1) is 0 Å². The lowest BCUT2D eigenvalue weighted by Gasteiger charge is -1.99. The number of carbonyl (C=O) groups is 1. The maximum atomic E-state index is 11.7. The quantitative estimate of drug-likeness (QED) is 0.871. The van der Waals surface area contributed by atoms with Crippen molar-refractivity contribution in [2.45, 2.75) is 12.8 Å². The number of aryl methyl sites for hydroxylation is 1. The predicted molar refractivity (Wildman–Crippen MR) is 64.4 cm³/mol. The van der Waals surface area contributed by atoms with Gasteiger partial charge in [0.05, 0.1) is 5.56 Å². The number of carbonyl (C=O) groups excluding carboxylic acids is 1. The van der Waals surface area contributed by atoms with Crippen molar-refractivity contribution in [1.29, 1.82) is 0 Å². The van der Waals surface area contributed by atoms with E-state index in [-0.39, 0.29) is 5.78 Å². The van der Waals surface area contributed by atoms with Crippen molar-refractivity contribution in [2.75, 3.05) is 0 Å². The number of Topliss-reactive ketones (excluding diaryl/α,β-unsaturated/α-hetero) is 1. The molecule has 1 N–H and O–H groups in total. The number of nitrogens with one attached hydrogen (secondary N) is 1. The minimum atomic E-state index is 0.196. The van der Waals surface area contributed by atoms with Crippen LogP contribution in [0.1, 0.15) is 22.5 Å². The van der Waals surface area contributed by atoms with Gasteiger partial charge in [0.2, 0.25) is 0 Å². The first-order valence-corrected chi connectivity index (χ1v) is 5.91. The molecule has 0 radical (unpaired) electrons. The summed E-state index contributed by atoms with van der Waals surface area (Å²) >= 11 is 3.39. The Hall–Kier alpha value is -1.42. The van der Waals surface area contributed by atoms with Crippen LogP contribution < -0.4 is 0 Å². The smallest absolute Gasteiger partial charge is 0.167 e. The number of nitrogens with zero attached hydrogens (tertiary/aromatic N) is 1. The molecule has 80 valence electrons. The topological polar surface area (TPSA) is 45.8 Å². The van der Waals surface area contributed by atoms with E-state index in [9.17, 15) is 4.79 Å². The fourth-order valence-corrected chi connectivity index (χ4v) is 2.30. The van der Waals surface area contributed by atoms with Crippen LogP contribution in [0.2, 0.25) is 0 Å². The van der Waals surface area contributed by atoms with Crippen molar-refractivity contribution in [1.82, 2.24) is 10.2 Å². The van der Waals surface area contributed by atoms with Crippen molar-refractivity contribution in [2.24, 2.45) is 0 Å². The van der Waals surface area contributed by atoms with E-state index in [0.29, 0.717) is 6.42 Å². The number of aromatic nitrogens is 2. The van der Waals surface area contributed by atoms with Crippen LogP contribution in [0, 0.1) is 0 Å². The average molecular weight is 277 g/mol. The Morgan fingerprint density at radius 3 is 2.69 bits per heavy atom. The molecular formula is C12H9BrN2O. The third-order valence-electron chi connectivity index (χ3n) is 2.84. The normalized spacial score (nSPS) is 14.2. The first-order valence-electron chi connectivity index (χ1n) is 5.12. The average Bonchev–Trinajstić information content (AvgIpc) is 2.84. The molecule has 0 unspecified atom stereocenters. The minimum Gasteiger partial charge on any atom is -0.294 e. The molecule has 0 atom stereocenters. The summed E-state index contributed by atoms with van der Waals surface area (Å²) in [4.78, 5) is 11.7. The van der Waals surface area contributed by atoms with E-state index in [4.69, 9.17) is 0 Å². The molecular weight excluding hydrogens is 268 g/mol. The molecule has 16 heavy (non-hydrogen) atoms. The lowest BCUT2D eigenvalue weighted by molar-refractivity contribution is 0.0995. The third kappa shape index (κ3) is 1.41. The second-order valence-electron chi connectivity index (χ2n) is 3.86. The summed E-state index contributed by atoms with van der Waals surface area (Å²) in [6.45, 7) is 0. The highest BCUT2D eigenvalue weighted by Gasteiger charge is 2.26. The van der Waals surface area contributed by atoms with E-state index in [1.54, 1.807) is 0 Å². The van der Waals surface area contributed by atoms with E-state index in [1.807, 2.05) is 24.3 Å². The Kier molecular flexibility index (Phi) is 2.17. The molecule has 0 aliphatic heterocycles. The number of fused-ring (bicyclic) bond motifs is 1. The van der Waals surface area contributed by atoms with E-state index >= 15 is 0 Å². The number of halogens is 1. The maximum Gasteiger partial charge on any atom is 0.167 e. The molecule has 4 heteroatoms. The molecule has 1 aliphatic carbocycles. The molecule has 3 rings (SSSR count). The largest absolute Gasteiger partial charge is 0.294 e. The van der Waals surface area contributed by atoms with Crippen LogP contribution in [0.3, 0.4) is 0 Å². The molecule has 2 aromatic rings. The van der Waals surface area contributed by atoms with Crippen LogP contribution in [0.25, 0.3) is 11.3 Å². The van der Waals surface area contributed by atoms with Gasteiger partial charge in [-0.1, -0.05) is 28.1 Å². The van der Waals surface area contributed by atoms with Crippen LogP contribution in [0.5, 0.6) is 0 Å². The van der Waals surface area contributed by atoms with Gasteiger partial charge in [-0.05, 0) is 18.6 Å². The van der Waals surface area contributed by atoms with Gasteiger partial charge in [0.15, 0.2) is 5.78 Å². The lowest BCUT2D eigenvalue weighted by Crippen LogP contribution is -1.93.